The first-order valence-corrected chi connectivity index (χ1v) is 9.83. The van der Waals surface area contributed by atoms with Gasteiger partial charge >= 0.3 is 0 Å². The molecule has 1 unspecified atom stereocenters. The molecule has 158 valence electrons. The molecule has 0 spiro atoms. The van der Waals surface area contributed by atoms with E-state index in [1.54, 1.807) is 12.1 Å². The molecule has 2 aliphatic rings. The predicted octanol–water partition coefficient (Wildman–Crippen LogP) is 0.838. The van der Waals surface area contributed by atoms with Crippen molar-refractivity contribution in [3.63, 3.8) is 0 Å². The van der Waals surface area contributed by atoms with Gasteiger partial charge in [-0.3, -0.25) is 29.5 Å². The van der Waals surface area contributed by atoms with Gasteiger partial charge in [0.25, 0.3) is 0 Å². The number of imide groups is 1. The minimum atomic E-state index is -0.747. The van der Waals surface area contributed by atoms with E-state index in [1.807, 2.05) is 19.1 Å². The Morgan fingerprint density at radius 2 is 1.83 bits per heavy atom. The van der Waals surface area contributed by atoms with Crippen LogP contribution in [0.4, 0.5) is 10.2 Å². The molecule has 2 N–H and O–H groups in total. The number of rotatable bonds is 7. The van der Waals surface area contributed by atoms with Crippen LogP contribution in [-0.4, -0.2) is 73.4 Å². The maximum Gasteiger partial charge on any atom is 0.238 e. The summed E-state index contributed by atoms with van der Waals surface area (Å²) >= 11 is 0. The average Bonchev–Trinajstić information content (AvgIpc) is 2.71. The van der Waals surface area contributed by atoms with Crippen molar-refractivity contribution >= 4 is 23.4 Å². The van der Waals surface area contributed by atoms with Crippen molar-refractivity contribution in [1.29, 1.82) is 0 Å². The summed E-state index contributed by atoms with van der Waals surface area (Å²) in [4.78, 5) is 43.7. The summed E-state index contributed by atoms with van der Waals surface area (Å²) < 4.78 is 11.8. The van der Waals surface area contributed by atoms with Crippen molar-refractivity contribution in [3.8, 4) is 0 Å². The van der Waals surface area contributed by atoms with E-state index in [1.165, 1.54) is 0 Å². The quantitative estimate of drug-likeness (QED) is 0.652. The molecular weight excluding hydrogens is 379 g/mol. The summed E-state index contributed by atoms with van der Waals surface area (Å²) in [5.74, 6) is -0.638. The fourth-order valence-corrected chi connectivity index (χ4v) is 3.74. The van der Waals surface area contributed by atoms with E-state index in [0.29, 0.717) is 25.1 Å². The van der Waals surface area contributed by atoms with Crippen molar-refractivity contribution in [2.75, 3.05) is 51.2 Å². The van der Waals surface area contributed by atoms with Gasteiger partial charge in [-0.15, -0.1) is 0 Å². The van der Waals surface area contributed by atoms with E-state index < -0.39 is 5.41 Å². The van der Waals surface area contributed by atoms with Gasteiger partial charge < -0.3 is 5.32 Å². The summed E-state index contributed by atoms with van der Waals surface area (Å²) in [6.45, 7) is 5.75. The number of carbonyl (C=O) groups is 3. The smallest absolute Gasteiger partial charge is 0.238 e. The maximum atomic E-state index is 12.3. The van der Waals surface area contributed by atoms with E-state index in [2.05, 4.69) is 25.4 Å². The third-order valence-electron chi connectivity index (χ3n) is 5.73. The second-order valence-electron chi connectivity index (χ2n) is 7.77. The van der Waals surface area contributed by atoms with Crippen molar-refractivity contribution in [3.05, 3.63) is 29.8 Å². The van der Waals surface area contributed by atoms with Gasteiger partial charge in [-0.1, -0.05) is 12.1 Å². The van der Waals surface area contributed by atoms with Crippen LogP contribution < -0.4 is 10.6 Å². The molecule has 0 bridgehead atoms. The molecule has 1 atom stereocenters. The molecule has 8 nitrogen and oxygen atoms in total. The summed E-state index contributed by atoms with van der Waals surface area (Å²) in [6.07, 6.45) is 0.779. The molecule has 2 heterocycles. The Labute approximate surface area is 169 Å². The lowest BCUT2D eigenvalue weighted by molar-refractivity contribution is -0.137. The van der Waals surface area contributed by atoms with Crippen molar-refractivity contribution < 1.29 is 23.9 Å². The number of anilines is 1. The van der Waals surface area contributed by atoms with Crippen LogP contribution in [0.15, 0.2) is 24.3 Å². The van der Waals surface area contributed by atoms with Gasteiger partial charge in [0.15, 0.2) is 0 Å². The number of hydrogen-bond donors (Lipinski definition) is 2. The number of carbonyl (C=O) groups excluding carboxylic acids is 3. The number of piperazine rings is 1. The molecule has 29 heavy (non-hydrogen) atoms. The van der Waals surface area contributed by atoms with E-state index in [4.69, 9.17) is 0 Å². The molecule has 3 amide bonds. The van der Waals surface area contributed by atoms with Gasteiger partial charge in [0.1, 0.15) is 6.61 Å². The largest absolute Gasteiger partial charge is 0.325 e. The number of amides is 3. The molecular formula is C20H27FN4O4. The summed E-state index contributed by atoms with van der Waals surface area (Å²) in [7, 11) is 0. The lowest BCUT2D eigenvalue weighted by Gasteiger charge is -2.33. The minimum Gasteiger partial charge on any atom is -0.325 e. The third kappa shape index (κ3) is 5.37. The van der Waals surface area contributed by atoms with Crippen LogP contribution in [0.3, 0.4) is 0 Å². The molecule has 1 aromatic rings. The monoisotopic (exact) mass is 406 g/mol. The van der Waals surface area contributed by atoms with E-state index >= 15 is 0 Å². The third-order valence-corrected chi connectivity index (χ3v) is 5.73. The first kappa shape index (κ1) is 21.4. The van der Waals surface area contributed by atoms with Crippen LogP contribution in [-0.2, 0) is 24.7 Å². The highest BCUT2D eigenvalue weighted by atomic mass is 19.3. The fraction of sp³-hybridized carbons (Fsp3) is 0.550. The first-order chi connectivity index (χ1) is 13.9. The number of nitrogens with one attached hydrogen (secondary N) is 2. The second-order valence-corrected chi connectivity index (χ2v) is 7.77. The number of hydrogen-bond acceptors (Lipinski definition) is 6. The fourth-order valence-electron chi connectivity index (χ4n) is 3.74. The van der Waals surface area contributed by atoms with Gasteiger partial charge in [0, 0.05) is 44.8 Å². The molecule has 2 saturated heterocycles. The molecule has 0 aliphatic carbocycles. The lowest BCUT2D eigenvalue weighted by Crippen LogP contribution is -2.49. The van der Waals surface area contributed by atoms with E-state index in [-0.39, 0.29) is 30.9 Å². The van der Waals surface area contributed by atoms with Crippen molar-refractivity contribution in [1.82, 2.24) is 15.1 Å². The Hall–Kier alpha value is -2.36. The van der Waals surface area contributed by atoms with Crippen LogP contribution in [0.25, 0.3) is 0 Å². The summed E-state index contributed by atoms with van der Waals surface area (Å²) in [6, 6.07) is 7.18. The molecule has 2 aliphatic heterocycles. The standard InChI is InChI=1S/C20H27FN4O4/c1-20(7-6-17(26)23-19(20)28)15-2-4-16(5-3-15)22-18(27)14-25-10-8-24(9-11-25)12-13-29-21/h2-5H,6-14H2,1H3,(H,22,27)(H,23,26,28). The van der Waals surface area contributed by atoms with Gasteiger partial charge in [-0.2, -0.15) is 4.94 Å². The highest BCUT2D eigenvalue weighted by Gasteiger charge is 2.39. The highest BCUT2D eigenvalue weighted by Crippen LogP contribution is 2.32. The highest BCUT2D eigenvalue weighted by molar-refractivity contribution is 6.03. The second kappa shape index (κ2) is 9.43. The SMILES string of the molecule is CC1(c2ccc(NC(=O)CN3CCN(CCOF)CC3)cc2)CCC(=O)NC1=O. The molecule has 9 heteroatoms. The zero-order valence-corrected chi connectivity index (χ0v) is 16.6. The number of nitrogens with zero attached hydrogens (tertiary/aromatic N) is 2. The number of benzene rings is 1. The first-order valence-electron chi connectivity index (χ1n) is 9.83. The van der Waals surface area contributed by atoms with E-state index in [9.17, 15) is 18.9 Å². The van der Waals surface area contributed by atoms with Gasteiger partial charge in [-0.25, -0.2) is 0 Å². The summed E-state index contributed by atoms with van der Waals surface area (Å²) in [5.41, 5.74) is 0.728. The molecule has 0 radical (unpaired) electrons. The lowest BCUT2D eigenvalue weighted by atomic mass is 9.75. The molecule has 2 fully saturated rings. The predicted molar refractivity (Wildman–Crippen MR) is 105 cm³/mol. The topological polar surface area (TPSA) is 91.0 Å². The normalized spacial score (nSPS) is 23.7. The van der Waals surface area contributed by atoms with Crippen LogP contribution >= 0.6 is 0 Å². The van der Waals surface area contributed by atoms with Crippen LogP contribution in [0, 0.1) is 0 Å². The van der Waals surface area contributed by atoms with Gasteiger partial charge in [0.2, 0.25) is 17.7 Å². The Morgan fingerprint density at radius 1 is 1.17 bits per heavy atom. The Kier molecular flexibility index (Phi) is 6.94. The molecule has 3 rings (SSSR count). The van der Waals surface area contributed by atoms with Crippen LogP contribution in [0.1, 0.15) is 25.3 Å². The molecule has 1 aromatic carbocycles. The molecule has 0 saturated carbocycles. The van der Waals surface area contributed by atoms with Crippen molar-refractivity contribution in [2.24, 2.45) is 0 Å². The Balaban J connectivity index is 1.49. The van der Waals surface area contributed by atoms with Crippen molar-refractivity contribution in [2.45, 2.75) is 25.2 Å². The number of piperidine rings is 1. The molecule has 0 aromatic heterocycles. The van der Waals surface area contributed by atoms with Crippen LogP contribution in [0.5, 0.6) is 0 Å². The Morgan fingerprint density at radius 3 is 2.45 bits per heavy atom. The van der Waals surface area contributed by atoms with E-state index in [0.717, 1.165) is 31.7 Å². The zero-order chi connectivity index (χ0) is 20.9. The Bertz CT molecular complexity index is 749. The van der Waals surface area contributed by atoms with Crippen LogP contribution in [0.2, 0.25) is 0 Å². The minimum absolute atomic E-state index is 0.0630. The zero-order valence-electron chi connectivity index (χ0n) is 16.6. The van der Waals surface area contributed by atoms with Gasteiger partial charge in [-0.05, 0) is 35.6 Å². The summed E-state index contributed by atoms with van der Waals surface area (Å²) in [5, 5.41) is 5.27. The number of halogens is 1. The van der Waals surface area contributed by atoms with Gasteiger partial charge in [0.05, 0.1) is 12.0 Å². The maximum absolute atomic E-state index is 12.3. The average molecular weight is 406 g/mol.